The quantitative estimate of drug-likeness (QED) is 0.614. The molecule has 1 aromatic rings. The first-order chi connectivity index (χ1) is 6.35. The molecule has 0 atom stereocenters. The van der Waals surface area contributed by atoms with Crippen molar-refractivity contribution in [2.24, 2.45) is 0 Å². The third kappa shape index (κ3) is 2.14. The van der Waals surface area contributed by atoms with E-state index >= 15 is 0 Å². The van der Waals surface area contributed by atoms with Gasteiger partial charge in [-0.15, -0.1) is 11.3 Å². The molecule has 1 heterocycles. The number of hydrogen-bond acceptors (Lipinski definition) is 2. The van der Waals surface area contributed by atoms with Crippen LogP contribution in [-0.4, -0.2) is 18.1 Å². The zero-order valence-corrected chi connectivity index (χ0v) is 8.84. The highest BCUT2D eigenvalue weighted by Gasteiger charge is 2.49. The molecule has 78 valence electrons. The zero-order valence-electron chi connectivity index (χ0n) is 6.44. The summed E-state index contributed by atoms with van der Waals surface area (Å²) in [7, 11) is 0. The topological polar surface area (TPSA) is 17.1 Å². The van der Waals surface area contributed by atoms with E-state index in [0.29, 0.717) is 15.1 Å². The Bertz CT molecular complexity index is 349. The molecule has 1 aromatic heterocycles. The van der Waals surface area contributed by atoms with E-state index < -0.39 is 18.1 Å². The Hall–Kier alpha value is -0.430. The average molecular weight is 291 g/mol. The van der Waals surface area contributed by atoms with E-state index in [4.69, 9.17) is 0 Å². The number of halogens is 5. The highest BCUT2D eigenvalue weighted by Crippen LogP contribution is 2.31. The van der Waals surface area contributed by atoms with Crippen LogP contribution in [-0.2, 0) is 0 Å². The van der Waals surface area contributed by atoms with Gasteiger partial charge in [-0.1, -0.05) is 0 Å². The molecule has 14 heavy (non-hydrogen) atoms. The molecular weight excluding hydrogens is 288 g/mol. The van der Waals surface area contributed by atoms with Crippen molar-refractivity contribution in [2.45, 2.75) is 12.3 Å². The lowest BCUT2D eigenvalue weighted by Gasteiger charge is -2.11. The van der Waals surface area contributed by atoms with E-state index in [0.717, 1.165) is 6.07 Å². The fourth-order valence-corrected chi connectivity index (χ4v) is 2.07. The van der Waals surface area contributed by atoms with Gasteiger partial charge in [0.05, 0.1) is 8.66 Å². The Balaban J connectivity index is 2.96. The summed E-state index contributed by atoms with van der Waals surface area (Å²) in [4.78, 5) is 10.5. The van der Waals surface area contributed by atoms with Crippen LogP contribution in [0, 0.1) is 0 Å². The summed E-state index contributed by atoms with van der Waals surface area (Å²) >= 11 is 3.63. The molecule has 0 amide bonds. The standard InChI is InChI=1S/C7H3BrF4OS/c8-4-2-1-3(14-4)5(13)7(11,12)6(9)10/h1-2,6H. The molecule has 0 aliphatic rings. The van der Waals surface area contributed by atoms with Crippen molar-refractivity contribution >= 4 is 33.0 Å². The SMILES string of the molecule is O=C(c1ccc(Br)s1)C(F)(F)C(F)F. The Labute approximate surface area is 88.9 Å². The van der Waals surface area contributed by atoms with Crippen LogP contribution in [0.4, 0.5) is 17.6 Å². The minimum atomic E-state index is -4.61. The second kappa shape index (κ2) is 3.98. The zero-order chi connectivity index (χ0) is 10.9. The van der Waals surface area contributed by atoms with Crippen LogP contribution in [0.5, 0.6) is 0 Å². The average Bonchev–Trinajstić information content (AvgIpc) is 2.50. The lowest BCUT2D eigenvalue weighted by molar-refractivity contribution is -0.0956. The third-order valence-electron chi connectivity index (χ3n) is 1.37. The fourth-order valence-electron chi connectivity index (χ4n) is 0.700. The fraction of sp³-hybridized carbons (Fsp3) is 0.286. The predicted molar refractivity (Wildman–Crippen MR) is 47.3 cm³/mol. The second-order valence-corrected chi connectivity index (χ2v) is 4.82. The molecule has 0 spiro atoms. The van der Waals surface area contributed by atoms with E-state index in [9.17, 15) is 22.4 Å². The predicted octanol–water partition coefficient (Wildman–Crippen LogP) is 3.59. The Kier molecular flexibility index (Phi) is 3.31. The van der Waals surface area contributed by atoms with Crippen LogP contribution < -0.4 is 0 Å². The number of carbonyl (C=O) groups excluding carboxylic acids is 1. The van der Waals surface area contributed by atoms with Crippen LogP contribution in [0.25, 0.3) is 0 Å². The smallest absolute Gasteiger partial charge is 0.286 e. The summed E-state index contributed by atoms with van der Waals surface area (Å²) in [5, 5.41) is 0. The normalized spacial score (nSPS) is 12.1. The molecule has 0 saturated heterocycles. The van der Waals surface area contributed by atoms with Crippen molar-refractivity contribution in [2.75, 3.05) is 0 Å². The van der Waals surface area contributed by atoms with Gasteiger partial charge in [-0.05, 0) is 28.1 Å². The minimum absolute atomic E-state index is 0.387. The molecule has 0 aliphatic carbocycles. The van der Waals surface area contributed by atoms with Gasteiger partial charge in [-0.2, -0.15) is 8.78 Å². The molecule has 1 rings (SSSR count). The number of carbonyl (C=O) groups is 1. The summed E-state index contributed by atoms with van der Waals surface area (Å²) in [5.41, 5.74) is 0. The largest absolute Gasteiger partial charge is 0.369 e. The van der Waals surface area contributed by atoms with Crippen LogP contribution in [0.15, 0.2) is 15.9 Å². The molecule has 0 fully saturated rings. The van der Waals surface area contributed by atoms with Crippen molar-refractivity contribution < 1.29 is 22.4 Å². The number of rotatable bonds is 3. The Morgan fingerprint density at radius 2 is 2.00 bits per heavy atom. The number of hydrogen-bond donors (Lipinski definition) is 0. The van der Waals surface area contributed by atoms with Crippen molar-refractivity contribution in [1.82, 2.24) is 0 Å². The summed E-state index contributed by atoms with van der Waals surface area (Å²) in [5.74, 6) is -6.45. The first-order valence-electron chi connectivity index (χ1n) is 3.32. The highest BCUT2D eigenvalue weighted by molar-refractivity contribution is 9.11. The summed E-state index contributed by atoms with van der Waals surface area (Å²) in [6.07, 6.45) is -3.98. The molecule has 0 aliphatic heterocycles. The number of alkyl halides is 4. The molecule has 1 nitrogen and oxygen atoms in total. The summed E-state index contributed by atoms with van der Waals surface area (Å²) in [6.45, 7) is 0. The van der Waals surface area contributed by atoms with Crippen molar-refractivity contribution in [3.05, 3.63) is 20.8 Å². The van der Waals surface area contributed by atoms with Crippen LogP contribution in [0.2, 0.25) is 0 Å². The Morgan fingerprint density at radius 3 is 2.36 bits per heavy atom. The van der Waals surface area contributed by atoms with Gasteiger partial charge < -0.3 is 0 Å². The maximum absolute atomic E-state index is 12.5. The van der Waals surface area contributed by atoms with E-state index in [1.54, 1.807) is 0 Å². The minimum Gasteiger partial charge on any atom is -0.286 e. The van der Waals surface area contributed by atoms with Gasteiger partial charge in [-0.25, -0.2) is 8.78 Å². The molecule has 7 heteroatoms. The molecule has 0 saturated carbocycles. The molecule has 0 unspecified atom stereocenters. The lowest BCUT2D eigenvalue weighted by Crippen LogP contribution is -2.35. The van der Waals surface area contributed by atoms with E-state index in [1.165, 1.54) is 6.07 Å². The van der Waals surface area contributed by atoms with Gasteiger partial charge in [0.1, 0.15) is 0 Å². The van der Waals surface area contributed by atoms with Gasteiger partial charge in [0.25, 0.3) is 0 Å². The lowest BCUT2D eigenvalue weighted by atomic mass is 10.2. The van der Waals surface area contributed by atoms with Crippen LogP contribution in [0.1, 0.15) is 9.67 Å². The van der Waals surface area contributed by atoms with Crippen molar-refractivity contribution in [3.63, 3.8) is 0 Å². The number of ketones is 1. The molecule has 0 bridgehead atoms. The van der Waals surface area contributed by atoms with Crippen molar-refractivity contribution in [3.8, 4) is 0 Å². The first-order valence-corrected chi connectivity index (χ1v) is 4.92. The number of thiophene rings is 1. The van der Waals surface area contributed by atoms with Crippen LogP contribution in [0.3, 0.4) is 0 Å². The Morgan fingerprint density at radius 1 is 1.43 bits per heavy atom. The van der Waals surface area contributed by atoms with Gasteiger partial charge in [-0.3, -0.25) is 4.79 Å². The second-order valence-electron chi connectivity index (χ2n) is 2.36. The molecule has 0 aromatic carbocycles. The third-order valence-corrected chi connectivity index (χ3v) is 3.00. The number of Topliss-reactive ketones (excluding diaryl/α,β-unsaturated/α-hetero) is 1. The van der Waals surface area contributed by atoms with Gasteiger partial charge >= 0.3 is 12.3 Å². The van der Waals surface area contributed by atoms with Crippen LogP contribution >= 0.6 is 27.3 Å². The molecule has 0 radical (unpaired) electrons. The van der Waals surface area contributed by atoms with Gasteiger partial charge in [0.2, 0.25) is 5.78 Å². The van der Waals surface area contributed by atoms with E-state index in [-0.39, 0.29) is 4.88 Å². The first kappa shape index (κ1) is 11.6. The van der Waals surface area contributed by atoms with Gasteiger partial charge in [0, 0.05) is 0 Å². The van der Waals surface area contributed by atoms with Gasteiger partial charge in [0.15, 0.2) is 0 Å². The van der Waals surface area contributed by atoms with E-state index in [2.05, 4.69) is 15.9 Å². The van der Waals surface area contributed by atoms with Crippen molar-refractivity contribution in [1.29, 1.82) is 0 Å². The maximum atomic E-state index is 12.5. The van der Waals surface area contributed by atoms with E-state index in [1.807, 2.05) is 0 Å². The maximum Gasteiger partial charge on any atom is 0.369 e. The summed E-state index contributed by atoms with van der Waals surface area (Å²) in [6, 6.07) is 2.42. The molecule has 0 N–H and O–H groups in total. The summed E-state index contributed by atoms with van der Waals surface area (Å²) < 4.78 is 49.0. The highest BCUT2D eigenvalue weighted by atomic mass is 79.9. The molecular formula is C7H3BrF4OS. The monoisotopic (exact) mass is 290 g/mol.